The van der Waals surface area contributed by atoms with Gasteiger partial charge in [0.25, 0.3) is 23.6 Å². The molecular weight excluding hydrogens is 1370 g/mol. The molecule has 1 fully saturated rings. The third kappa shape index (κ3) is 30.5. The molecule has 0 aliphatic carbocycles. The molecule has 2 aliphatic rings. The summed E-state index contributed by atoms with van der Waals surface area (Å²) in [6.07, 6.45) is 9.34. The van der Waals surface area contributed by atoms with Crippen LogP contribution in [0, 0.1) is 10.8 Å². The second-order valence-electron chi connectivity index (χ2n) is 23.6. The first-order valence-corrected chi connectivity index (χ1v) is 35.1. The maximum absolute atomic E-state index is 13.9. The molecule has 4 heterocycles. The third-order valence-corrected chi connectivity index (χ3v) is 15.6. The van der Waals surface area contributed by atoms with Crippen LogP contribution in [0.5, 0.6) is 11.5 Å². The summed E-state index contributed by atoms with van der Waals surface area (Å²) in [7, 11) is 1.44. The number of rotatable bonds is 57. The van der Waals surface area contributed by atoms with Crippen LogP contribution in [0.1, 0.15) is 54.8 Å². The number of imide groups is 1. The normalized spacial score (nSPS) is 13.7. The van der Waals surface area contributed by atoms with Gasteiger partial charge in [0.05, 0.1) is 157 Å². The predicted octanol–water partition coefficient (Wildman–Crippen LogP) is 1.39. The zero-order valence-corrected chi connectivity index (χ0v) is 60.9. The molecule has 1 saturated heterocycles. The average Bonchev–Trinajstić information content (AvgIpc) is 1.64. The number of likely N-dealkylation sites (N-methyl/N-ethyl adjacent to an activating group) is 2. The second-order valence-corrected chi connectivity index (χ2v) is 23.6. The lowest BCUT2D eigenvalue weighted by Crippen LogP contribution is -2.47. The molecular formula is C70H104N16O19. The molecule has 4 aromatic rings. The Labute approximate surface area is 610 Å². The van der Waals surface area contributed by atoms with Crippen molar-refractivity contribution in [3.8, 4) is 11.5 Å². The summed E-state index contributed by atoms with van der Waals surface area (Å²) in [5, 5.41) is 30.4. The van der Waals surface area contributed by atoms with Crippen molar-refractivity contribution in [2.75, 3.05) is 222 Å². The van der Waals surface area contributed by atoms with E-state index < -0.39 is 41.4 Å². The highest BCUT2D eigenvalue weighted by molar-refractivity contribution is 6.14. The van der Waals surface area contributed by atoms with Gasteiger partial charge in [0, 0.05) is 107 Å². The van der Waals surface area contributed by atoms with Crippen molar-refractivity contribution in [1.82, 2.24) is 49.8 Å². The topological polar surface area (TPSA) is 436 Å². The number of fused-ring (bicyclic) bond motifs is 2. The number of nitrogens with zero attached hydrogens (tertiary/aromatic N) is 7. The molecule has 0 bridgehead atoms. The Bertz CT molecular complexity index is 3590. The standard InChI is InChI=1S/C70H104N16O19/c1-6-75-56(43-50(3)71)67(92)80-69-78-54-45-52(65(73)90)47-58(94-5)63(54)84(69)15-8-9-16-85-64-55(79-70(85)81-68(93)57(76-7-2)44-51(4)72)46-53(66(74)91)48-59(64)105-22-10-14-82-17-19-83(20-18-82)21-24-96-26-28-98-30-32-100-34-36-102-38-40-104-42-41-103-39-37-101-35-33-99-31-29-97-27-25-95-23-13-77-60(87)49-86-61(88)11-12-62(86)89/h8-9,11-12,43-48,71-72,75-76H,6-7,10,13-42,49H2,1-5H3,(H2,73,90)(H2,74,91)(H,77,87)(H,78,80,92)(H,79,81,93)/b9-8+,56-43-,57-44-,71-50?,72-51?. The summed E-state index contributed by atoms with van der Waals surface area (Å²) < 4.78 is 71.3. The summed E-state index contributed by atoms with van der Waals surface area (Å²) in [6.45, 7) is 21.5. The van der Waals surface area contributed by atoms with Crippen molar-refractivity contribution in [1.29, 1.82) is 10.8 Å². The van der Waals surface area contributed by atoms with Crippen molar-refractivity contribution in [3.05, 3.63) is 83.2 Å². The minimum Gasteiger partial charge on any atom is -0.494 e. The van der Waals surface area contributed by atoms with Crippen molar-refractivity contribution in [2.45, 2.75) is 47.2 Å². The number of nitrogens with one attached hydrogen (secondary N) is 7. The molecule has 11 N–H and O–H groups in total. The van der Waals surface area contributed by atoms with E-state index in [0.717, 1.165) is 56.3 Å². The van der Waals surface area contributed by atoms with Crippen LogP contribution in [0.3, 0.4) is 0 Å². The van der Waals surface area contributed by atoms with E-state index >= 15 is 0 Å². The van der Waals surface area contributed by atoms with E-state index in [-0.39, 0.29) is 91.0 Å². The first-order chi connectivity index (χ1) is 50.9. The number of aromatic nitrogens is 4. The SMILES string of the molecule is CCN/C(=C\C(C)=N)C(=O)Nc1nc2cc(C(N)=O)cc(OC)c2n1C/C=C/Cn1c(NC(=O)/C(=C/C(C)=N)NCC)nc2cc(C(N)=O)cc(OCCCN3CCN(CCOCCOCCOCCOCCOCCOCCOCCOCCOCCOCCNC(=O)CN4C(=O)C=CC4=O)CC3)c21. The first kappa shape index (κ1) is 84.8. The molecule has 0 saturated carbocycles. The van der Waals surface area contributed by atoms with Gasteiger partial charge in [-0.2, -0.15) is 0 Å². The molecule has 0 radical (unpaired) electrons. The molecule has 2 aliphatic heterocycles. The van der Waals surface area contributed by atoms with Gasteiger partial charge in [-0.1, -0.05) is 12.2 Å². The number of benzene rings is 2. The number of ether oxygens (including phenoxy) is 12. The molecule has 35 nitrogen and oxygen atoms in total. The molecule has 0 unspecified atom stereocenters. The van der Waals surface area contributed by atoms with Crippen LogP contribution in [0.2, 0.25) is 0 Å². The molecule has 7 amide bonds. The number of piperazine rings is 1. The largest absolute Gasteiger partial charge is 0.494 e. The number of amides is 7. The van der Waals surface area contributed by atoms with E-state index in [1.54, 1.807) is 35.1 Å². The highest BCUT2D eigenvalue weighted by Gasteiger charge is 2.27. The number of imidazole rings is 2. The van der Waals surface area contributed by atoms with Crippen molar-refractivity contribution in [3.63, 3.8) is 0 Å². The maximum Gasteiger partial charge on any atom is 0.274 e. The molecule has 0 spiro atoms. The van der Waals surface area contributed by atoms with Crippen LogP contribution in [-0.2, 0) is 84.4 Å². The zero-order valence-electron chi connectivity index (χ0n) is 60.9. The second kappa shape index (κ2) is 48.1. The molecule has 578 valence electrons. The highest BCUT2D eigenvalue weighted by Crippen LogP contribution is 2.33. The summed E-state index contributed by atoms with van der Waals surface area (Å²) in [5.41, 5.74) is 13.9. The first-order valence-electron chi connectivity index (χ1n) is 35.1. The van der Waals surface area contributed by atoms with E-state index in [1.165, 1.54) is 37.5 Å². The summed E-state index contributed by atoms with van der Waals surface area (Å²) in [5.74, 6) is -3.19. The Morgan fingerprint density at radius 1 is 0.505 bits per heavy atom. The Morgan fingerprint density at radius 3 is 1.26 bits per heavy atom. The number of hydrogen-bond donors (Lipinski definition) is 9. The Kier molecular flexibility index (Phi) is 38.8. The van der Waals surface area contributed by atoms with Gasteiger partial charge in [0.1, 0.15) is 40.5 Å². The number of allylic oxidation sites excluding steroid dienone is 4. The molecule has 2 aromatic heterocycles. The Balaban J connectivity index is 0.821. The summed E-state index contributed by atoms with van der Waals surface area (Å²) in [4.78, 5) is 103. The molecule has 35 heteroatoms. The smallest absolute Gasteiger partial charge is 0.274 e. The fraction of sp³-hybridized carbons (Fsp3) is 0.557. The fourth-order valence-electron chi connectivity index (χ4n) is 10.5. The van der Waals surface area contributed by atoms with E-state index in [2.05, 4.69) is 41.4 Å². The van der Waals surface area contributed by atoms with Crippen molar-refractivity contribution >= 4 is 86.7 Å². The third-order valence-electron chi connectivity index (χ3n) is 15.6. The van der Waals surface area contributed by atoms with Gasteiger partial charge in [-0.15, -0.1) is 0 Å². The summed E-state index contributed by atoms with van der Waals surface area (Å²) in [6, 6.07) is 6.09. The van der Waals surface area contributed by atoms with Gasteiger partial charge in [-0.05, 0) is 70.5 Å². The van der Waals surface area contributed by atoms with Crippen molar-refractivity contribution < 1.29 is 90.4 Å². The number of carbonyl (C=O) groups is 7. The van der Waals surface area contributed by atoms with Crippen LogP contribution in [-0.4, -0.2) is 298 Å². The molecule has 6 rings (SSSR count). The Hall–Kier alpha value is -9.11. The molecule has 105 heavy (non-hydrogen) atoms. The van der Waals surface area contributed by atoms with E-state index in [1.807, 2.05) is 19.9 Å². The van der Waals surface area contributed by atoms with Gasteiger partial charge in [-0.25, -0.2) is 9.97 Å². The lowest BCUT2D eigenvalue weighted by molar-refractivity contribution is -0.141. The summed E-state index contributed by atoms with van der Waals surface area (Å²) >= 11 is 0. The molecule has 2 aromatic carbocycles. The van der Waals surface area contributed by atoms with E-state index in [0.29, 0.717) is 173 Å². The van der Waals surface area contributed by atoms with E-state index in [9.17, 15) is 33.6 Å². The Morgan fingerprint density at radius 2 is 0.876 bits per heavy atom. The minimum atomic E-state index is -0.705. The van der Waals surface area contributed by atoms with Crippen LogP contribution < -0.4 is 47.5 Å². The monoisotopic (exact) mass is 1470 g/mol. The number of hydrogen-bond acceptors (Lipinski definition) is 27. The number of carbonyl (C=O) groups excluding carboxylic acids is 7. The van der Waals surface area contributed by atoms with Gasteiger partial charge in [-0.3, -0.25) is 54.0 Å². The van der Waals surface area contributed by atoms with Gasteiger partial charge in [0.15, 0.2) is 0 Å². The van der Waals surface area contributed by atoms with Gasteiger partial charge < -0.3 is 109 Å². The number of methoxy groups -OCH3 is 1. The van der Waals surface area contributed by atoms with Crippen LogP contribution in [0.15, 0.2) is 72.1 Å². The zero-order chi connectivity index (χ0) is 75.6. The van der Waals surface area contributed by atoms with Crippen molar-refractivity contribution in [2.24, 2.45) is 11.5 Å². The molecule has 0 atom stereocenters. The van der Waals surface area contributed by atoms with Crippen LogP contribution >= 0.6 is 0 Å². The van der Waals surface area contributed by atoms with E-state index in [4.69, 9.17) is 84.1 Å². The maximum atomic E-state index is 13.9. The van der Waals surface area contributed by atoms with Gasteiger partial charge in [0.2, 0.25) is 29.6 Å². The number of anilines is 2. The lowest BCUT2D eigenvalue weighted by Gasteiger charge is -2.34. The quantitative estimate of drug-likeness (QED) is 0.00991. The number of primary amides is 2. The lowest BCUT2D eigenvalue weighted by atomic mass is 10.1. The van der Waals surface area contributed by atoms with Crippen LogP contribution in [0.4, 0.5) is 11.9 Å². The predicted molar refractivity (Wildman–Crippen MR) is 390 cm³/mol. The fourth-order valence-corrected chi connectivity index (χ4v) is 10.5. The average molecular weight is 1470 g/mol. The van der Waals surface area contributed by atoms with Gasteiger partial charge >= 0.3 is 0 Å². The highest BCUT2D eigenvalue weighted by atomic mass is 16.6. The number of nitrogens with two attached hydrogens (primary N) is 2. The minimum absolute atomic E-state index is 0.0926. The van der Waals surface area contributed by atoms with Crippen LogP contribution in [0.25, 0.3) is 22.1 Å².